The van der Waals surface area contributed by atoms with Gasteiger partial charge < -0.3 is 11.5 Å². The first-order valence-electron chi connectivity index (χ1n) is 7.68. The molecule has 0 bridgehead atoms. The van der Waals surface area contributed by atoms with Crippen molar-refractivity contribution in [2.75, 3.05) is 11.5 Å². The highest BCUT2D eigenvalue weighted by Gasteiger charge is 2.05. The third kappa shape index (κ3) is 4.24. The van der Waals surface area contributed by atoms with Gasteiger partial charge in [-0.15, -0.1) is 0 Å². The lowest BCUT2D eigenvalue weighted by atomic mass is 10.0. The quantitative estimate of drug-likeness (QED) is 0.325. The Morgan fingerprint density at radius 1 is 0.720 bits per heavy atom. The zero-order valence-corrected chi connectivity index (χ0v) is 15.6. The molecule has 124 valence electrons. The smallest absolute Gasteiger partial charge is 0.0865 e. The molecule has 0 aliphatic heterocycles. The first-order valence-corrected chi connectivity index (χ1v) is 8.93. The number of hydrogen-bond acceptors (Lipinski definition) is 4. The number of hydrogen-bond donors (Lipinski definition) is 2. The average Bonchev–Trinajstić information content (AvgIpc) is 2.64. The van der Waals surface area contributed by atoms with E-state index < -0.39 is 0 Å². The van der Waals surface area contributed by atoms with Gasteiger partial charge in [-0.25, -0.2) is 4.99 Å². The number of halogens is 1. The summed E-state index contributed by atoms with van der Waals surface area (Å²) in [5, 5.41) is 0. The molecule has 0 atom stereocenters. The van der Waals surface area contributed by atoms with Crippen LogP contribution < -0.4 is 11.5 Å². The molecule has 25 heavy (non-hydrogen) atoms. The third-order valence-electron chi connectivity index (χ3n) is 3.73. The fourth-order valence-corrected chi connectivity index (χ4v) is 2.72. The van der Waals surface area contributed by atoms with Crippen LogP contribution in [0.2, 0.25) is 0 Å². The standard InChI is InChI=1S/C20H17IN4/c21-13-25-19-9-7-15(10-18(19)23)16-6-8-17(22)20(11-16)24-12-14-4-2-1-3-5-14/h1-13H,22-23H2. The molecule has 0 aromatic heterocycles. The van der Waals surface area contributed by atoms with Crippen molar-refractivity contribution in [1.29, 1.82) is 0 Å². The molecule has 0 unspecified atom stereocenters. The minimum absolute atomic E-state index is 0.634. The Kier molecular flexibility index (Phi) is 5.45. The molecule has 0 amide bonds. The van der Waals surface area contributed by atoms with Crippen LogP contribution in [0.5, 0.6) is 0 Å². The molecule has 0 fully saturated rings. The molecule has 0 aliphatic rings. The van der Waals surface area contributed by atoms with E-state index in [0.29, 0.717) is 11.4 Å². The minimum Gasteiger partial charge on any atom is -0.397 e. The van der Waals surface area contributed by atoms with Crippen LogP contribution in [0.4, 0.5) is 22.7 Å². The van der Waals surface area contributed by atoms with Gasteiger partial charge in [0.05, 0.1) is 27.0 Å². The summed E-state index contributed by atoms with van der Waals surface area (Å²) in [4.78, 5) is 8.75. The highest BCUT2D eigenvalue weighted by Crippen LogP contribution is 2.33. The van der Waals surface area contributed by atoms with E-state index in [-0.39, 0.29) is 0 Å². The summed E-state index contributed by atoms with van der Waals surface area (Å²) in [5.41, 5.74) is 17.9. The molecule has 0 spiro atoms. The molecule has 3 aromatic rings. The van der Waals surface area contributed by atoms with Crippen molar-refractivity contribution in [3.05, 3.63) is 72.3 Å². The SMILES string of the molecule is Nc1cc(-c2ccc(N)c(N=Cc3ccccc3)c2)ccc1N=CI. The van der Waals surface area contributed by atoms with Gasteiger partial charge in [0, 0.05) is 6.21 Å². The number of aliphatic imine (C=N–C) groups is 2. The fraction of sp³-hybridized carbons (Fsp3) is 0. The second kappa shape index (κ2) is 7.94. The van der Waals surface area contributed by atoms with Crippen LogP contribution in [0.3, 0.4) is 0 Å². The van der Waals surface area contributed by atoms with Crippen molar-refractivity contribution in [2.24, 2.45) is 9.98 Å². The molecule has 3 rings (SSSR count). The highest BCUT2D eigenvalue weighted by molar-refractivity contribution is 14.1. The fourth-order valence-electron chi connectivity index (χ4n) is 2.42. The Labute approximate surface area is 160 Å². The van der Waals surface area contributed by atoms with E-state index in [2.05, 4.69) is 32.6 Å². The normalized spacial score (nSPS) is 11.4. The van der Waals surface area contributed by atoms with Crippen molar-refractivity contribution in [3.63, 3.8) is 0 Å². The van der Waals surface area contributed by atoms with Gasteiger partial charge in [0.2, 0.25) is 0 Å². The predicted octanol–water partition coefficient (Wildman–Crippen LogP) is 5.36. The molecule has 0 aliphatic carbocycles. The molecule has 0 saturated heterocycles. The zero-order valence-electron chi connectivity index (χ0n) is 13.4. The number of rotatable bonds is 4. The number of benzene rings is 3. The zero-order chi connectivity index (χ0) is 17.6. The summed E-state index contributed by atoms with van der Waals surface area (Å²) in [7, 11) is 0. The predicted molar refractivity (Wildman–Crippen MR) is 117 cm³/mol. The van der Waals surface area contributed by atoms with E-state index >= 15 is 0 Å². The molecule has 4 N–H and O–H groups in total. The van der Waals surface area contributed by atoms with Crippen LogP contribution in [-0.2, 0) is 0 Å². The average molecular weight is 440 g/mol. The monoisotopic (exact) mass is 440 g/mol. The third-order valence-corrected chi connectivity index (χ3v) is 4.01. The Balaban J connectivity index is 1.94. The van der Waals surface area contributed by atoms with Crippen LogP contribution in [0.1, 0.15) is 5.56 Å². The lowest BCUT2D eigenvalue weighted by molar-refractivity contribution is 1.50. The van der Waals surface area contributed by atoms with Crippen molar-refractivity contribution >= 4 is 55.8 Å². The molecule has 5 heteroatoms. The minimum atomic E-state index is 0.634. The topological polar surface area (TPSA) is 76.8 Å². The van der Waals surface area contributed by atoms with Crippen LogP contribution in [0.25, 0.3) is 11.1 Å². The molecular weight excluding hydrogens is 423 g/mol. The number of nitrogens with two attached hydrogens (primary N) is 2. The van der Waals surface area contributed by atoms with Crippen molar-refractivity contribution in [3.8, 4) is 11.1 Å². The van der Waals surface area contributed by atoms with Gasteiger partial charge in [-0.3, -0.25) is 4.99 Å². The van der Waals surface area contributed by atoms with E-state index in [1.807, 2.05) is 72.9 Å². The lowest BCUT2D eigenvalue weighted by Crippen LogP contribution is -1.89. The van der Waals surface area contributed by atoms with Crippen LogP contribution in [0.15, 0.2) is 76.7 Å². The molecule has 0 radical (unpaired) electrons. The van der Waals surface area contributed by atoms with E-state index in [4.69, 9.17) is 11.5 Å². The highest BCUT2D eigenvalue weighted by atomic mass is 127. The van der Waals surface area contributed by atoms with Crippen LogP contribution in [-0.4, -0.2) is 10.4 Å². The molecular formula is C20H17IN4. The van der Waals surface area contributed by atoms with E-state index in [1.54, 1.807) is 4.22 Å². The Morgan fingerprint density at radius 2 is 1.44 bits per heavy atom. The van der Waals surface area contributed by atoms with Crippen LogP contribution in [0, 0.1) is 0 Å². The van der Waals surface area contributed by atoms with Gasteiger partial charge >= 0.3 is 0 Å². The molecule has 0 saturated carbocycles. The van der Waals surface area contributed by atoms with Crippen LogP contribution >= 0.6 is 22.6 Å². The Hall–Kier alpha value is -2.67. The number of nitrogen functional groups attached to an aromatic ring is 2. The maximum atomic E-state index is 6.08. The summed E-state index contributed by atoms with van der Waals surface area (Å²) in [6.45, 7) is 0. The van der Waals surface area contributed by atoms with E-state index in [9.17, 15) is 0 Å². The number of anilines is 2. The van der Waals surface area contributed by atoms with Gasteiger partial charge in [0.1, 0.15) is 0 Å². The second-order valence-corrected chi connectivity index (χ2v) is 6.00. The van der Waals surface area contributed by atoms with Gasteiger partial charge in [-0.2, -0.15) is 0 Å². The van der Waals surface area contributed by atoms with E-state index in [0.717, 1.165) is 28.1 Å². The summed E-state index contributed by atoms with van der Waals surface area (Å²) in [5.74, 6) is 0. The maximum absolute atomic E-state index is 6.08. The van der Waals surface area contributed by atoms with Gasteiger partial charge in [-0.05, 0) is 63.5 Å². The molecule has 4 nitrogen and oxygen atoms in total. The second-order valence-electron chi connectivity index (χ2n) is 5.44. The van der Waals surface area contributed by atoms with E-state index in [1.165, 1.54) is 0 Å². The lowest BCUT2D eigenvalue weighted by Gasteiger charge is -2.08. The first-order chi connectivity index (χ1) is 12.2. The van der Waals surface area contributed by atoms with Crippen molar-refractivity contribution in [2.45, 2.75) is 0 Å². The van der Waals surface area contributed by atoms with Gasteiger partial charge in [0.25, 0.3) is 0 Å². The summed E-state index contributed by atoms with van der Waals surface area (Å²) < 4.78 is 1.70. The van der Waals surface area contributed by atoms with Gasteiger partial charge in [-0.1, -0.05) is 42.5 Å². The molecule has 0 heterocycles. The van der Waals surface area contributed by atoms with Gasteiger partial charge in [0.15, 0.2) is 0 Å². The van der Waals surface area contributed by atoms with Crippen molar-refractivity contribution in [1.82, 2.24) is 0 Å². The largest absolute Gasteiger partial charge is 0.397 e. The summed E-state index contributed by atoms with van der Waals surface area (Å²) in [6, 6.07) is 21.5. The number of nitrogens with zero attached hydrogens (tertiary/aromatic N) is 2. The first kappa shape index (κ1) is 17.2. The maximum Gasteiger partial charge on any atom is 0.0865 e. The molecule has 3 aromatic carbocycles. The Bertz CT molecular complexity index is 934. The Morgan fingerprint density at radius 3 is 2.16 bits per heavy atom. The summed E-state index contributed by atoms with van der Waals surface area (Å²) >= 11 is 2.07. The summed E-state index contributed by atoms with van der Waals surface area (Å²) in [6.07, 6.45) is 1.81. The van der Waals surface area contributed by atoms with Crippen molar-refractivity contribution < 1.29 is 0 Å².